The van der Waals surface area contributed by atoms with Gasteiger partial charge in [-0.05, 0) is 40.5 Å². The average Bonchev–Trinajstić information content (AvgIpc) is 0.738. The highest BCUT2D eigenvalue weighted by Gasteiger charge is 2.81. The topological polar surface area (TPSA) is 493 Å². The second-order valence-corrected chi connectivity index (χ2v) is 30.8. The number of aliphatic hydroxyl groups excluding tert-OH is 2. The van der Waals surface area contributed by atoms with Gasteiger partial charge in [-0.25, -0.2) is 52.7 Å². The lowest BCUT2D eigenvalue weighted by Crippen LogP contribution is -2.64. The fourth-order valence-electron chi connectivity index (χ4n) is 8.32. The van der Waals surface area contributed by atoms with Crippen LogP contribution in [0.25, 0.3) is 0 Å². The average molecular weight is 2080 g/mol. The summed E-state index contributed by atoms with van der Waals surface area (Å²) in [4.78, 5) is 144. The van der Waals surface area contributed by atoms with Crippen molar-refractivity contribution in [2.24, 2.45) is 27.6 Å². The Morgan fingerprint density at radius 3 is 0.811 bits per heavy atom. The summed E-state index contributed by atoms with van der Waals surface area (Å²) in [6.07, 6.45) is 8.41. The van der Waals surface area contributed by atoms with Crippen molar-refractivity contribution in [1.82, 2.24) is 0 Å². The molecule has 0 aromatic heterocycles. The molecule has 0 aliphatic heterocycles. The molecule has 1 atom stereocenters. The van der Waals surface area contributed by atoms with Gasteiger partial charge in [0.2, 0.25) is 0 Å². The van der Waals surface area contributed by atoms with E-state index in [4.69, 9.17) is 109 Å². The first kappa shape index (κ1) is 143. The highest BCUT2D eigenvalue weighted by molar-refractivity contribution is 5.88. The molecule has 0 saturated heterocycles. The quantitative estimate of drug-likeness (QED) is 0.0188. The third kappa shape index (κ3) is 76.4. The molecule has 0 spiro atoms. The number of hydrogen-bond donors (Lipinski definition) is 2. The minimum absolute atomic E-state index is 0.0248. The van der Waals surface area contributed by atoms with Gasteiger partial charge in [0.25, 0.3) is 0 Å². The van der Waals surface area contributed by atoms with E-state index >= 15 is 0 Å². The van der Waals surface area contributed by atoms with Crippen molar-refractivity contribution >= 4 is 77.6 Å². The molecule has 0 aromatic carbocycles. The Labute approximate surface area is 829 Å². The van der Waals surface area contributed by atoms with Gasteiger partial charge >= 0.3 is 101 Å². The fraction of sp³-hybridized carbons (Fsp3) is 0.632. The van der Waals surface area contributed by atoms with Gasteiger partial charge in [-0.1, -0.05) is 114 Å². The molecule has 0 amide bonds. The first-order chi connectivity index (χ1) is 67.2. The molecule has 0 aromatic rings. The second kappa shape index (κ2) is 85.5. The SMILES string of the molecule is C=C(C)C(=O)OCC(O)COC(=O)C(C)C.C=CC(=O)OCC(C)(C)COC(=O)C(C)(C)COC(=O)C=C.C=CC(=O)OCC(F)(F)C(F)(F)C(F)(F)C(F)(F)COC(=O)C=C.C=CC(=O)OCCOCC(CC)(COCCOC(=O)C=C)COC(=O)C(=C)C.C=CC(=O)OCCOCC(CC)(COCCOC)COCCOC(=O)C=C.C=CC(=O)OCCOCCOCCOCCOCCOCCOCCO. The first-order valence-electron chi connectivity index (χ1n) is 43.9. The number of hydrogen-bond acceptors (Lipinski definition) is 40. The molecule has 1 unspecified atom stereocenters. The smallest absolute Gasteiger partial charge is 0.381 e. The number of rotatable bonds is 79. The lowest BCUT2D eigenvalue weighted by Gasteiger charge is -2.36. The molecule has 40 nitrogen and oxygen atoms in total. The van der Waals surface area contributed by atoms with E-state index < -0.39 is 137 Å². The van der Waals surface area contributed by atoms with Crippen molar-refractivity contribution in [2.45, 2.75) is 112 Å². The standard InChI is InChI=1S/C20H30O8.C19H32O8.C17H32O9.C16H24O6.C12H10F8O4.C11H18O5/c1-6-17(21)26-11-9-24-13-20(8-3,15-28-19(23)16(4)5)14-25-10-12-27-18(22)7-2;1-5-17(20)26-12-10-24-15-19(7-3,14-23-9-8-22-4)16-25-11-13-27-18(21)6-2;1-2-17(19)26-16-15-25-14-13-24-12-11-23-10-9-22-8-7-21-6-5-20-4-3-18;1-7-12(17)20-9-15(3,4)10-22-14(19)16(5,6)11-21-13(18)8-2;1-3-7(21)23-5-9(13,14)11(17,18)12(19,20)10(15,16)6-24-8(22)4-2;1-7(2)10(13)15-5-9(12)6-16-11(14)8(3)4/h6-7H,1-2,4,8-15H2,3,5H3;5-6H,1-2,7-16H2,3-4H3;2,18H,1,3-16H2;7-8H,1-2,9-11H2,3-6H3;3-4H,1-2,5-6H2;8-9,12H,1,5-6H2,2-4H3. The number of carbonyl (C=O) groups excluding carboxylic acids is 13. The molecule has 822 valence electrons. The van der Waals surface area contributed by atoms with Crippen LogP contribution in [0.3, 0.4) is 0 Å². The Morgan fingerprint density at radius 2 is 0.538 bits per heavy atom. The minimum atomic E-state index is -6.65. The molecule has 0 fully saturated rings. The molecule has 143 heavy (non-hydrogen) atoms. The van der Waals surface area contributed by atoms with E-state index in [1.165, 1.54) is 6.92 Å². The Kier molecular flexibility index (Phi) is 85.4. The van der Waals surface area contributed by atoms with E-state index in [2.05, 4.69) is 86.6 Å². The number of ether oxygens (including phenoxy) is 25. The summed E-state index contributed by atoms with van der Waals surface area (Å²) in [5, 5.41) is 17.8. The van der Waals surface area contributed by atoms with Crippen molar-refractivity contribution in [2.75, 3.05) is 252 Å². The van der Waals surface area contributed by atoms with Gasteiger partial charge in [0.1, 0.15) is 65.6 Å². The van der Waals surface area contributed by atoms with E-state index in [1.54, 1.807) is 55.6 Å². The Hall–Kier alpha value is -10.9. The van der Waals surface area contributed by atoms with Gasteiger partial charge in [-0.3, -0.25) is 9.59 Å². The van der Waals surface area contributed by atoms with Crippen LogP contribution in [0.5, 0.6) is 0 Å². The molecule has 0 radical (unpaired) electrons. The molecular weight excluding hydrogens is 1930 g/mol. The number of halogens is 8. The van der Waals surface area contributed by atoms with E-state index in [9.17, 15) is 103 Å². The van der Waals surface area contributed by atoms with E-state index in [-0.39, 0.29) is 148 Å². The first-order valence-corrected chi connectivity index (χ1v) is 43.9. The summed E-state index contributed by atoms with van der Waals surface area (Å²) in [6.45, 7) is 56.8. The summed E-state index contributed by atoms with van der Waals surface area (Å²) in [6, 6.07) is 0. The Balaban J connectivity index is -0.000000396. The van der Waals surface area contributed by atoms with Gasteiger partial charge < -0.3 is 129 Å². The summed E-state index contributed by atoms with van der Waals surface area (Å²) >= 11 is 0. The maximum absolute atomic E-state index is 13.3. The molecule has 0 bridgehead atoms. The van der Waals surface area contributed by atoms with Gasteiger partial charge in [-0.15, -0.1) is 0 Å². The predicted octanol–water partition coefficient (Wildman–Crippen LogP) is 9.03. The van der Waals surface area contributed by atoms with Gasteiger partial charge in [0, 0.05) is 83.8 Å². The van der Waals surface area contributed by atoms with Crippen LogP contribution < -0.4 is 0 Å². The number of aliphatic hydroxyl groups is 2. The van der Waals surface area contributed by atoms with Gasteiger partial charge in [0.05, 0.1) is 189 Å². The number of alkyl halides is 8. The van der Waals surface area contributed by atoms with E-state index in [0.29, 0.717) is 124 Å². The highest BCUT2D eigenvalue weighted by Crippen LogP contribution is 2.53. The molecule has 0 saturated carbocycles. The van der Waals surface area contributed by atoms with E-state index in [0.717, 1.165) is 49.0 Å². The summed E-state index contributed by atoms with van der Waals surface area (Å²) < 4.78 is 232. The summed E-state index contributed by atoms with van der Waals surface area (Å²) in [5.41, 5.74) is -1.96. The summed E-state index contributed by atoms with van der Waals surface area (Å²) in [7, 11) is 1.61. The number of methoxy groups -OCH3 is 1. The zero-order valence-corrected chi connectivity index (χ0v) is 83.6. The van der Waals surface area contributed by atoms with Crippen molar-refractivity contribution in [3.8, 4) is 0 Å². The molecular formula is C95H146F8O40. The maximum Gasteiger partial charge on any atom is 0.381 e. The molecule has 0 heterocycles. The Bertz CT molecular complexity index is 3650. The van der Waals surface area contributed by atoms with Crippen molar-refractivity contribution < 1.29 is 226 Å². The molecule has 2 N–H and O–H groups in total. The highest BCUT2D eigenvalue weighted by atomic mass is 19.4. The lowest BCUT2D eigenvalue weighted by atomic mass is 9.88. The third-order valence-electron chi connectivity index (χ3n) is 16.9. The van der Waals surface area contributed by atoms with Crippen LogP contribution in [-0.4, -0.2) is 369 Å². The van der Waals surface area contributed by atoms with Crippen LogP contribution in [0, 0.1) is 27.6 Å². The molecule has 0 aliphatic rings. The summed E-state index contributed by atoms with van der Waals surface area (Å²) in [5.74, 6) is -34.2. The fourth-order valence-corrected chi connectivity index (χ4v) is 8.32. The van der Waals surface area contributed by atoms with Crippen LogP contribution in [0.15, 0.2) is 138 Å². The predicted molar refractivity (Wildman–Crippen MR) is 495 cm³/mol. The maximum atomic E-state index is 13.3. The monoisotopic (exact) mass is 2080 g/mol. The van der Waals surface area contributed by atoms with Crippen LogP contribution in [0.2, 0.25) is 0 Å². The molecule has 0 rings (SSSR count). The van der Waals surface area contributed by atoms with Crippen LogP contribution in [-0.2, 0) is 181 Å². The number of carbonyl (C=O) groups is 13. The normalized spacial score (nSPS) is 11.4. The molecule has 48 heteroatoms. The zero-order chi connectivity index (χ0) is 110. The Morgan fingerprint density at radius 1 is 0.301 bits per heavy atom. The van der Waals surface area contributed by atoms with Crippen LogP contribution in [0.1, 0.15) is 82.1 Å². The van der Waals surface area contributed by atoms with Crippen molar-refractivity contribution in [1.29, 1.82) is 0 Å². The van der Waals surface area contributed by atoms with Crippen LogP contribution >= 0.6 is 0 Å². The zero-order valence-electron chi connectivity index (χ0n) is 83.6. The third-order valence-corrected chi connectivity index (χ3v) is 16.9. The lowest BCUT2D eigenvalue weighted by molar-refractivity contribution is -0.374. The number of esters is 13. The van der Waals surface area contributed by atoms with E-state index in [1.807, 2.05) is 13.8 Å². The van der Waals surface area contributed by atoms with Gasteiger partial charge in [0.15, 0.2) is 13.2 Å². The largest absolute Gasteiger partial charge is 0.464 e. The van der Waals surface area contributed by atoms with Gasteiger partial charge in [-0.2, -0.15) is 35.1 Å². The minimum Gasteiger partial charge on any atom is -0.464 e. The van der Waals surface area contributed by atoms with Crippen molar-refractivity contribution in [3.63, 3.8) is 0 Å². The second-order valence-electron chi connectivity index (χ2n) is 30.8. The van der Waals surface area contributed by atoms with Crippen LogP contribution in [0.4, 0.5) is 35.1 Å². The molecule has 0 aliphatic carbocycles. The van der Waals surface area contributed by atoms with Crippen molar-refractivity contribution in [3.05, 3.63) is 138 Å².